The van der Waals surface area contributed by atoms with Crippen LogP contribution in [-0.4, -0.2) is 34.4 Å². The molecule has 0 aromatic heterocycles. The quantitative estimate of drug-likeness (QED) is 0.726. The van der Waals surface area contributed by atoms with Gasteiger partial charge < -0.3 is 20.3 Å². The number of hydrogen-bond acceptors (Lipinski definition) is 4. The van der Waals surface area contributed by atoms with E-state index in [1.165, 1.54) is 0 Å². The summed E-state index contributed by atoms with van der Waals surface area (Å²) in [6.07, 6.45) is 2.30. The van der Waals surface area contributed by atoms with Crippen LogP contribution in [0.15, 0.2) is 24.3 Å². The van der Waals surface area contributed by atoms with Gasteiger partial charge in [0.15, 0.2) is 6.10 Å². The number of benzene rings is 1. The van der Waals surface area contributed by atoms with Gasteiger partial charge in [0.25, 0.3) is 5.91 Å². The molecule has 2 aliphatic rings. The van der Waals surface area contributed by atoms with Crippen molar-refractivity contribution >= 4 is 5.91 Å². The molecule has 0 unspecified atom stereocenters. The van der Waals surface area contributed by atoms with Crippen LogP contribution in [0.5, 0.6) is 5.75 Å². The van der Waals surface area contributed by atoms with Crippen molar-refractivity contribution in [2.24, 2.45) is 0 Å². The van der Waals surface area contributed by atoms with Gasteiger partial charge in [0, 0.05) is 6.04 Å². The minimum atomic E-state index is -0.425. The molecular weight excluding hydrogens is 258 g/mol. The Balaban J connectivity index is 1.51. The lowest BCUT2D eigenvalue weighted by atomic mass is 9.93. The van der Waals surface area contributed by atoms with Gasteiger partial charge >= 0.3 is 0 Å². The van der Waals surface area contributed by atoms with Crippen LogP contribution in [0.1, 0.15) is 37.4 Å². The molecule has 1 aliphatic heterocycles. The average molecular weight is 277 g/mol. The molecule has 1 aromatic rings. The van der Waals surface area contributed by atoms with Crippen LogP contribution in [0.25, 0.3) is 0 Å². The highest BCUT2D eigenvalue weighted by Gasteiger charge is 2.46. The predicted molar refractivity (Wildman–Crippen MR) is 72.1 cm³/mol. The first-order valence-corrected chi connectivity index (χ1v) is 7.06. The van der Waals surface area contributed by atoms with Gasteiger partial charge in [0.05, 0.1) is 6.10 Å². The summed E-state index contributed by atoms with van der Waals surface area (Å²) in [4.78, 5) is 12.1. The SMILES string of the molecule is O=C(NC1CCC(O)CC1)[C@@H]1O[C@@H]1c1ccc(O)cc1. The second-order valence-electron chi connectivity index (χ2n) is 5.58. The van der Waals surface area contributed by atoms with Gasteiger partial charge in [-0.1, -0.05) is 12.1 Å². The van der Waals surface area contributed by atoms with Crippen LogP contribution in [0.3, 0.4) is 0 Å². The van der Waals surface area contributed by atoms with E-state index in [2.05, 4.69) is 5.32 Å². The van der Waals surface area contributed by atoms with Crippen molar-refractivity contribution in [1.82, 2.24) is 5.32 Å². The summed E-state index contributed by atoms with van der Waals surface area (Å²) in [7, 11) is 0. The van der Waals surface area contributed by atoms with Crippen LogP contribution in [0.2, 0.25) is 0 Å². The number of ether oxygens (including phenoxy) is 1. The lowest BCUT2D eigenvalue weighted by Gasteiger charge is -2.25. The number of phenolic OH excluding ortho intramolecular Hbond substituents is 1. The summed E-state index contributed by atoms with van der Waals surface area (Å²) in [5, 5.41) is 21.7. The second-order valence-corrected chi connectivity index (χ2v) is 5.58. The minimum absolute atomic E-state index is 0.0792. The number of hydrogen-bond donors (Lipinski definition) is 3. The fourth-order valence-electron chi connectivity index (χ4n) is 2.73. The lowest BCUT2D eigenvalue weighted by Crippen LogP contribution is -2.40. The topological polar surface area (TPSA) is 82.1 Å². The lowest BCUT2D eigenvalue weighted by molar-refractivity contribution is -0.123. The van der Waals surface area contributed by atoms with E-state index >= 15 is 0 Å². The van der Waals surface area contributed by atoms with Crippen molar-refractivity contribution in [3.63, 3.8) is 0 Å². The number of carbonyl (C=O) groups excluding carboxylic acids is 1. The van der Waals surface area contributed by atoms with Gasteiger partial charge in [-0.25, -0.2) is 0 Å². The molecule has 108 valence electrons. The number of rotatable bonds is 3. The van der Waals surface area contributed by atoms with Crippen LogP contribution >= 0.6 is 0 Å². The summed E-state index contributed by atoms with van der Waals surface area (Å²) in [5.74, 6) is 0.126. The number of epoxide rings is 1. The Labute approximate surface area is 117 Å². The molecule has 2 atom stereocenters. The van der Waals surface area contributed by atoms with Crippen molar-refractivity contribution in [3.05, 3.63) is 29.8 Å². The van der Waals surface area contributed by atoms with Gasteiger partial charge in [-0.15, -0.1) is 0 Å². The zero-order chi connectivity index (χ0) is 14.1. The van der Waals surface area contributed by atoms with Crippen LogP contribution in [-0.2, 0) is 9.53 Å². The van der Waals surface area contributed by atoms with Crippen molar-refractivity contribution in [3.8, 4) is 5.75 Å². The van der Waals surface area contributed by atoms with E-state index in [4.69, 9.17) is 4.74 Å². The summed E-state index contributed by atoms with van der Waals surface area (Å²) in [5.41, 5.74) is 0.905. The second kappa shape index (κ2) is 5.42. The van der Waals surface area contributed by atoms with E-state index < -0.39 is 6.10 Å². The minimum Gasteiger partial charge on any atom is -0.508 e. The summed E-state index contributed by atoms with van der Waals surface area (Å²) < 4.78 is 5.42. The number of aliphatic hydroxyl groups excluding tert-OH is 1. The molecular formula is C15H19NO4. The molecule has 3 N–H and O–H groups in total. The zero-order valence-electron chi connectivity index (χ0n) is 11.2. The van der Waals surface area contributed by atoms with Crippen molar-refractivity contribution in [2.45, 2.75) is 50.0 Å². The Hall–Kier alpha value is -1.59. The zero-order valence-corrected chi connectivity index (χ0v) is 11.2. The fourth-order valence-corrected chi connectivity index (χ4v) is 2.73. The van der Waals surface area contributed by atoms with Crippen molar-refractivity contribution in [1.29, 1.82) is 0 Å². The summed E-state index contributed by atoms with van der Waals surface area (Å²) in [6.45, 7) is 0. The number of amides is 1. The number of nitrogens with one attached hydrogen (secondary N) is 1. The Morgan fingerprint density at radius 2 is 1.80 bits per heavy atom. The summed E-state index contributed by atoms with van der Waals surface area (Å²) >= 11 is 0. The largest absolute Gasteiger partial charge is 0.508 e. The van der Waals surface area contributed by atoms with Gasteiger partial charge in [-0.2, -0.15) is 0 Å². The molecule has 0 bridgehead atoms. The first-order valence-electron chi connectivity index (χ1n) is 7.06. The standard InChI is InChI=1S/C15H19NO4/c17-11-5-1-9(2-6-11)13-14(20-13)15(19)16-10-3-7-12(18)8-4-10/h1-2,5-6,10,12-14,17-18H,3-4,7-8H2,(H,16,19)/t10?,12?,13-,14-/m1/s1. The number of carbonyl (C=O) groups is 1. The van der Waals surface area contributed by atoms with Gasteiger partial charge in [0.2, 0.25) is 0 Å². The third-order valence-corrected chi connectivity index (χ3v) is 4.01. The smallest absolute Gasteiger partial charge is 0.252 e. The molecule has 20 heavy (non-hydrogen) atoms. The predicted octanol–water partition coefficient (Wildman–Crippen LogP) is 1.25. The molecule has 5 heteroatoms. The van der Waals surface area contributed by atoms with Crippen LogP contribution in [0.4, 0.5) is 0 Å². The number of aromatic hydroxyl groups is 1. The third kappa shape index (κ3) is 2.94. The van der Waals surface area contributed by atoms with Crippen LogP contribution < -0.4 is 5.32 Å². The van der Waals surface area contributed by atoms with Crippen molar-refractivity contribution in [2.75, 3.05) is 0 Å². The molecule has 1 amide bonds. The molecule has 1 aliphatic carbocycles. The average Bonchev–Trinajstić information content (AvgIpc) is 3.23. The highest BCUT2D eigenvalue weighted by molar-refractivity contribution is 5.84. The van der Waals surface area contributed by atoms with Crippen molar-refractivity contribution < 1.29 is 19.7 Å². The first kappa shape index (κ1) is 13.4. The monoisotopic (exact) mass is 277 g/mol. The summed E-state index contributed by atoms with van der Waals surface area (Å²) in [6, 6.07) is 6.87. The molecule has 1 aromatic carbocycles. The molecule has 1 heterocycles. The van der Waals surface area contributed by atoms with Gasteiger partial charge in [-0.05, 0) is 43.4 Å². The molecule has 1 saturated heterocycles. The molecule has 0 radical (unpaired) electrons. The Morgan fingerprint density at radius 3 is 2.45 bits per heavy atom. The molecule has 3 rings (SSSR count). The first-order chi connectivity index (χ1) is 9.63. The maximum absolute atomic E-state index is 12.1. The van der Waals surface area contributed by atoms with E-state index in [0.717, 1.165) is 31.2 Å². The highest BCUT2D eigenvalue weighted by atomic mass is 16.6. The Bertz CT molecular complexity index is 479. The number of phenols is 1. The van der Waals surface area contributed by atoms with Crippen LogP contribution in [0, 0.1) is 0 Å². The van der Waals surface area contributed by atoms with E-state index in [1.54, 1.807) is 24.3 Å². The van der Waals surface area contributed by atoms with Gasteiger partial charge in [0.1, 0.15) is 11.9 Å². The molecule has 0 spiro atoms. The van der Waals surface area contributed by atoms with E-state index in [-0.39, 0.29) is 29.9 Å². The molecule has 1 saturated carbocycles. The Morgan fingerprint density at radius 1 is 1.15 bits per heavy atom. The van der Waals surface area contributed by atoms with Gasteiger partial charge in [-0.3, -0.25) is 4.79 Å². The third-order valence-electron chi connectivity index (χ3n) is 4.01. The Kier molecular flexibility index (Phi) is 3.63. The number of aliphatic hydroxyl groups is 1. The highest BCUT2D eigenvalue weighted by Crippen LogP contribution is 2.39. The van der Waals surface area contributed by atoms with E-state index in [9.17, 15) is 15.0 Å². The maximum atomic E-state index is 12.1. The molecule has 2 fully saturated rings. The van der Waals surface area contributed by atoms with E-state index in [0.29, 0.717) is 0 Å². The normalized spacial score (nSPS) is 32.6. The maximum Gasteiger partial charge on any atom is 0.252 e. The fraction of sp³-hybridized carbons (Fsp3) is 0.533. The molecule has 5 nitrogen and oxygen atoms in total. The van der Waals surface area contributed by atoms with E-state index in [1.807, 2.05) is 0 Å².